The van der Waals surface area contributed by atoms with Crippen LogP contribution < -0.4 is 4.74 Å². The fraction of sp³-hybridized carbons (Fsp3) is 0.235. The molecule has 230 valence electrons. The Morgan fingerprint density at radius 2 is 1.73 bits per heavy atom. The molecule has 0 unspecified atom stereocenters. The van der Waals surface area contributed by atoms with Crippen molar-refractivity contribution in [3.05, 3.63) is 113 Å². The van der Waals surface area contributed by atoms with Gasteiger partial charge in [0.05, 0.1) is 60.9 Å². The van der Waals surface area contributed by atoms with Crippen molar-refractivity contribution in [1.29, 1.82) is 5.26 Å². The molecule has 0 aliphatic rings. The molecule has 0 amide bonds. The molecule has 0 N–H and O–H groups in total. The Kier molecular flexibility index (Phi) is 10.1. The van der Waals surface area contributed by atoms with Crippen LogP contribution in [-0.2, 0) is 33.8 Å². The summed E-state index contributed by atoms with van der Waals surface area (Å²) in [6.07, 6.45) is 0.194. The summed E-state index contributed by atoms with van der Waals surface area (Å²) >= 11 is 0. The van der Waals surface area contributed by atoms with Crippen LogP contribution in [0.1, 0.15) is 32.9 Å². The number of pyridine rings is 1. The van der Waals surface area contributed by atoms with E-state index < -0.39 is 17.6 Å². The van der Waals surface area contributed by atoms with Crippen molar-refractivity contribution in [1.82, 2.24) is 14.5 Å². The average Bonchev–Trinajstić information content (AvgIpc) is 3.40. The Hall–Kier alpha value is -5.18. The van der Waals surface area contributed by atoms with Gasteiger partial charge in [-0.2, -0.15) is 5.26 Å². The molecule has 2 heterocycles. The first-order valence-electron chi connectivity index (χ1n) is 14.1. The Labute approximate surface area is 258 Å². The van der Waals surface area contributed by atoms with Crippen LogP contribution in [0.3, 0.4) is 0 Å². The summed E-state index contributed by atoms with van der Waals surface area (Å²) < 4.78 is 53.0. The van der Waals surface area contributed by atoms with E-state index in [0.717, 1.165) is 6.07 Å². The van der Waals surface area contributed by atoms with Crippen LogP contribution >= 0.6 is 0 Å². The average molecular weight is 613 g/mol. The summed E-state index contributed by atoms with van der Waals surface area (Å²) in [4.78, 5) is 21.4. The number of imidazole rings is 1. The van der Waals surface area contributed by atoms with Crippen molar-refractivity contribution in [3.8, 4) is 23.2 Å². The van der Waals surface area contributed by atoms with Crippen LogP contribution in [0.15, 0.2) is 72.8 Å². The van der Waals surface area contributed by atoms with E-state index in [9.17, 15) is 9.18 Å². The minimum Gasteiger partial charge on any atom is -0.473 e. The summed E-state index contributed by atoms with van der Waals surface area (Å²) in [5.41, 5.74) is 3.70. The largest absolute Gasteiger partial charge is 0.473 e. The van der Waals surface area contributed by atoms with Gasteiger partial charge in [-0.1, -0.05) is 24.3 Å². The van der Waals surface area contributed by atoms with Crippen molar-refractivity contribution in [2.24, 2.45) is 0 Å². The number of esters is 1. The highest BCUT2D eigenvalue weighted by atomic mass is 19.1. The number of aromatic nitrogens is 3. The number of hydrogen-bond acceptors (Lipinski definition) is 8. The second kappa shape index (κ2) is 14.5. The second-order valence-electron chi connectivity index (χ2n) is 10.0. The lowest BCUT2D eigenvalue weighted by molar-refractivity contribution is 0.0601. The molecule has 0 aliphatic carbocycles. The fourth-order valence-electron chi connectivity index (χ4n) is 4.76. The van der Waals surface area contributed by atoms with Crippen LogP contribution in [0, 0.1) is 23.0 Å². The van der Waals surface area contributed by atoms with Gasteiger partial charge in [0.25, 0.3) is 0 Å². The Morgan fingerprint density at radius 1 is 0.911 bits per heavy atom. The summed E-state index contributed by atoms with van der Waals surface area (Å²) in [7, 11) is 2.92. The molecule has 0 bridgehead atoms. The minimum absolute atomic E-state index is 0.0825. The zero-order valence-electron chi connectivity index (χ0n) is 24.8. The maximum atomic E-state index is 15.5. The van der Waals surface area contributed by atoms with Gasteiger partial charge in [0.15, 0.2) is 0 Å². The predicted octanol–water partition coefficient (Wildman–Crippen LogP) is 5.87. The lowest BCUT2D eigenvalue weighted by atomic mass is 10.1. The van der Waals surface area contributed by atoms with E-state index in [4.69, 9.17) is 29.2 Å². The lowest BCUT2D eigenvalue weighted by Gasteiger charge is -2.12. The third kappa shape index (κ3) is 7.49. The molecule has 3 aromatic carbocycles. The Balaban J connectivity index is 1.35. The molecular weight excluding hydrogens is 582 g/mol. The minimum atomic E-state index is -0.543. The molecule has 0 aliphatic heterocycles. The third-order valence-corrected chi connectivity index (χ3v) is 7.12. The maximum absolute atomic E-state index is 15.5. The molecule has 5 aromatic rings. The van der Waals surface area contributed by atoms with Gasteiger partial charge in [0.1, 0.15) is 24.1 Å². The number of carbonyl (C=O) groups excluding carboxylic acids is 1. The number of fused-ring (bicyclic) bond motifs is 1. The second-order valence-corrected chi connectivity index (χ2v) is 10.0. The van der Waals surface area contributed by atoms with Crippen molar-refractivity contribution < 1.29 is 32.5 Å². The maximum Gasteiger partial charge on any atom is 0.337 e. The topological polar surface area (TPSA) is 108 Å². The van der Waals surface area contributed by atoms with Gasteiger partial charge < -0.3 is 23.5 Å². The lowest BCUT2D eigenvalue weighted by Crippen LogP contribution is -2.12. The van der Waals surface area contributed by atoms with Crippen LogP contribution in [-0.4, -0.2) is 54.5 Å². The standard InChI is InChI=1S/C34H30F2N4O5/c1-42-14-15-44-13-12-40-31-18-25(34(41)43-2)10-11-30(31)38-32(40)19-23-8-9-24(17-28(23)36)29-4-3-5-33(39-29)45-21-26-7-6-22(20-37)16-27(26)35/h3-11,16-18H,12-15,19,21H2,1-2H3. The van der Waals surface area contributed by atoms with Crippen LogP contribution in [0.25, 0.3) is 22.3 Å². The van der Waals surface area contributed by atoms with E-state index in [2.05, 4.69) is 4.98 Å². The molecule has 0 atom stereocenters. The highest BCUT2D eigenvalue weighted by Crippen LogP contribution is 2.26. The number of methoxy groups -OCH3 is 2. The monoisotopic (exact) mass is 612 g/mol. The molecule has 11 heteroatoms. The van der Waals surface area contributed by atoms with Crippen LogP contribution in [0.4, 0.5) is 8.78 Å². The van der Waals surface area contributed by atoms with Gasteiger partial charge in [-0.3, -0.25) is 0 Å². The number of hydrogen-bond donors (Lipinski definition) is 0. The smallest absolute Gasteiger partial charge is 0.337 e. The van der Waals surface area contributed by atoms with E-state index in [1.165, 1.54) is 25.3 Å². The number of carbonyl (C=O) groups is 1. The van der Waals surface area contributed by atoms with Crippen molar-refractivity contribution in [3.63, 3.8) is 0 Å². The van der Waals surface area contributed by atoms with Crippen LogP contribution in [0.2, 0.25) is 0 Å². The number of ether oxygens (including phenoxy) is 4. The van der Waals surface area contributed by atoms with Crippen molar-refractivity contribution in [2.45, 2.75) is 19.6 Å². The van der Waals surface area contributed by atoms with E-state index in [-0.39, 0.29) is 30.0 Å². The first-order chi connectivity index (χ1) is 21.9. The van der Waals surface area contributed by atoms with E-state index >= 15 is 4.39 Å². The molecule has 2 aromatic heterocycles. The zero-order valence-corrected chi connectivity index (χ0v) is 24.8. The SMILES string of the molecule is COCCOCCn1c(Cc2ccc(-c3cccc(OCc4ccc(C#N)cc4F)n3)cc2F)nc2ccc(C(=O)OC)cc21. The van der Waals surface area contributed by atoms with Crippen molar-refractivity contribution in [2.75, 3.05) is 34.0 Å². The molecule has 5 rings (SSSR count). The fourth-order valence-corrected chi connectivity index (χ4v) is 4.76. The molecule has 0 saturated carbocycles. The number of halogens is 2. The molecule has 9 nitrogen and oxygen atoms in total. The Morgan fingerprint density at radius 3 is 2.49 bits per heavy atom. The quantitative estimate of drug-likeness (QED) is 0.120. The van der Waals surface area contributed by atoms with Gasteiger partial charge >= 0.3 is 5.97 Å². The normalized spacial score (nSPS) is 11.0. The van der Waals surface area contributed by atoms with Gasteiger partial charge in [-0.05, 0) is 48.0 Å². The van der Waals surface area contributed by atoms with E-state index in [1.807, 2.05) is 10.6 Å². The molecule has 0 spiro atoms. The summed E-state index contributed by atoms with van der Waals surface area (Å²) in [5.74, 6) is -0.593. The van der Waals surface area contributed by atoms with Crippen LogP contribution in [0.5, 0.6) is 5.88 Å². The van der Waals surface area contributed by atoms with Gasteiger partial charge in [-0.25, -0.2) is 23.5 Å². The number of benzene rings is 3. The molecular formula is C34H30F2N4O5. The molecule has 0 fully saturated rings. The third-order valence-electron chi connectivity index (χ3n) is 7.12. The Bertz CT molecular complexity index is 1870. The zero-order chi connectivity index (χ0) is 31.8. The number of nitriles is 1. The number of rotatable bonds is 13. The number of nitrogens with zero attached hydrogens (tertiary/aromatic N) is 4. The highest BCUT2D eigenvalue weighted by molar-refractivity contribution is 5.93. The summed E-state index contributed by atoms with van der Waals surface area (Å²) in [6, 6.07) is 21.1. The summed E-state index contributed by atoms with van der Waals surface area (Å²) in [5, 5.41) is 8.93. The summed E-state index contributed by atoms with van der Waals surface area (Å²) in [6.45, 7) is 1.60. The van der Waals surface area contributed by atoms with Gasteiger partial charge in [0.2, 0.25) is 5.88 Å². The molecule has 0 radical (unpaired) electrons. The van der Waals surface area contributed by atoms with Gasteiger partial charge in [-0.15, -0.1) is 0 Å². The van der Waals surface area contributed by atoms with E-state index in [0.29, 0.717) is 65.6 Å². The molecule has 45 heavy (non-hydrogen) atoms. The van der Waals surface area contributed by atoms with Crippen molar-refractivity contribution >= 4 is 17.0 Å². The van der Waals surface area contributed by atoms with E-state index in [1.54, 1.807) is 55.6 Å². The molecule has 0 saturated heterocycles. The highest BCUT2D eigenvalue weighted by Gasteiger charge is 2.17. The first kappa shape index (κ1) is 31.3. The predicted molar refractivity (Wildman–Crippen MR) is 162 cm³/mol. The first-order valence-corrected chi connectivity index (χ1v) is 14.1. The van der Waals surface area contributed by atoms with Gasteiger partial charge in [0, 0.05) is 37.3 Å².